The fraction of sp³-hybridized carbons (Fsp3) is 0.647. The number of ether oxygens (including phenoxy) is 5. The van der Waals surface area contributed by atoms with E-state index >= 15 is 0 Å². The molecule has 0 unspecified atom stereocenters. The SMILES string of the molecule is CC(=O)COCCOCCNC(=O)COCCOCCNC(=O)CC[C@H](NC(=O)CCCCCCCCOc1ccc(C(=O)O)cc1)C(=O)O. The number of carboxylic acid groups (broad SMARTS) is 2. The second-order valence-corrected chi connectivity index (χ2v) is 11.3. The van der Waals surface area contributed by atoms with Crippen molar-refractivity contribution in [3.63, 3.8) is 0 Å². The number of hydrogen-bond acceptors (Lipinski definition) is 11. The summed E-state index contributed by atoms with van der Waals surface area (Å²) < 4.78 is 26.5. The number of ketones is 1. The van der Waals surface area contributed by atoms with Crippen LogP contribution in [0, 0.1) is 0 Å². The molecule has 1 atom stereocenters. The quantitative estimate of drug-likeness (QED) is 0.0673. The summed E-state index contributed by atoms with van der Waals surface area (Å²) in [5.41, 5.74) is 0.208. The van der Waals surface area contributed by atoms with Crippen molar-refractivity contribution in [1.29, 1.82) is 0 Å². The molecule has 0 spiro atoms. The van der Waals surface area contributed by atoms with Crippen molar-refractivity contribution in [2.45, 2.75) is 70.8 Å². The van der Waals surface area contributed by atoms with Crippen molar-refractivity contribution < 1.29 is 62.7 Å². The highest BCUT2D eigenvalue weighted by atomic mass is 16.5. The first-order valence-corrected chi connectivity index (χ1v) is 16.9. The molecule has 0 aliphatic carbocycles. The fourth-order valence-electron chi connectivity index (χ4n) is 4.26. The van der Waals surface area contributed by atoms with Crippen LogP contribution in [0.2, 0.25) is 0 Å². The maximum atomic E-state index is 12.3. The number of rotatable bonds is 32. The van der Waals surface area contributed by atoms with Gasteiger partial charge >= 0.3 is 11.9 Å². The molecule has 0 saturated carbocycles. The van der Waals surface area contributed by atoms with E-state index in [1.54, 1.807) is 12.1 Å². The largest absolute Gasteiger partial charge is 0.494 e. The Balaban J connectivity index is 1.98. The van der Waals surface area contributed by atoms with E-state index in [0.29, 0.717) is 45.1 Å². The van der Waals surface area contributed by atoms with Gasteiger partial charge in [0.25, 0.3) is 0 Å². The first kappa shape index (κ1) is 43.9. The zero-order valence-corrected chi connectivity index (χ0v) is 28.9. The molecular formula is C34H53N3O13. The lowest BCUT2D eigenvalue weighted by molar-refractivity contribution is -0.142. The van der Waals surface area contributed by atoms with Gasteiger partial charge in [0, 0.05) is 25.9 Å². The predicted molar refractivity (Wildman–Crippen MR) is 180 cm³/mol. The number of carbonyl (C=O) groups is 6. The van der Waals surface area contributed by atoms with E-state index in [1.807, 2.05) is 0 Å². The summed E-state index contributed by atoms with van der Waals surface area (Å²) in [6, 6.07) is 5.09. The molecule has 1 rings (SSSR count). The van der Waals surface area contributed by atoms with Gasteiger partial charge in [-0.05, 0) is 50.5 Å². The first-order valence-electron chi connectivity index (χ1n) is 16.9. The van der Waals surface area contributed by atoms with Crippen molar-refractivity contribution in [2.75, 3.05) is 72.6 Å². The maximum absolute atomic E-state index is 12.3. The van der Waals surface area contributed by atoms with Crippen LogP contribution in [0.15, 0.2) is 24.3 Å². The molecule has 16 nitrogen and oxygen atoms in total. The van der Waals surface area contributed by atoms with E-state index in [1.165, 1.54) is 19.1 Å². The van der Waals surface area contributed by atoms with Crippen molar-refractivity contribution in [2.24, 2.45) is 0 Å². The maximum Gasteiger partial charge on any atom is 0.335 e. The van der Waals surface area contributed by atoms with E-state index in [9.17, 15) is 33.9 Å². The third-order valence-corrected chi connectivity index (χ3v) is 6.88. The van der Waals surface area contributed by atoms with Crippen molar-refractivity contribution in [1.82, 2.24) is 16.0 Å². The van der Waals surface area contributed by atoms with Gasteiger partial charge in [0.05, 0.1) is 51.8 Å². The van der Waals surface area contributed by atoms with Crippen LogP contribution in [0.4, 0.5) is 0 Å². The Morgan fingerprint density at radius 3 is 1.78 bits per heavy atom. The molecule has 0 aromatic heterocycles. The predicted octanol–water partition coefficient (Wildman–Crippen LogP) is 1.73. The summed E-state index contributed by atoms with van der Waals surface area (Å²) in [5, 5.41) is 26.1. The highest BCUT2D eigenvalue weighted by Gasteiger charge is 2.20. The number of unbranched alkanes of at least 4 members (excludes halogenated alkanes) is 5. The van der Waals surface area contributed by atoms with E-state index in [2.05, 4.69) is 16.0 Å². The summed E-state index contributed by atoms with van der Waals surface area (Å²) in [6.07, 6.45) is 5.22. The third kappa shape index (κ3) is 24.9. The normalized spacial score (nSPS) is 11.4. The molecule has 3 amide bonds. The molecule has 0 heterocycles. The number of carbonyl (C=O) groups excluding carboxylic acids is 4. The van der Waals surface area contributed by atoms with Crippen LogP contribution < -0.4 is 20.7 Å². The Kier molecular flexibility index (Phi) is 25.2. The second kappa shape index (κ2) is 28.7. The lowest BCUT2D eigenvalue weighted by Gasteiger charge is -2.14. The molecule has 1 aromatic carbocycles. The van der Waals surface area contributed by atoms with Crippen LogP contribution in [0.25, 0.3) is 0 Å². The van der Waals surface area contributed by atoms with Gasteiger partial charge in [0.2, 0.25) is 17.7 Å². The molecule has 50 heavy (non-hydrogen) atoms. The van der Waals surface area contributed by atoms with Gasteiger partial charge in [0.1, 0.15) is 25.0 Å². The monoisotopic (exact) mass is 711 g/mol. The van der Waals surface area contributed by atoms with Crippen LogP contribution >= 0.6 is 0 Å². The number of aliphatic carboxylic acids is 1. The van der Waals surface area contributed by atoms with Gasteiger partial charge in [0.15, 0.2) is 5.78 Å². The van der Waals surface area contributed by atoms with Gasteiger partial charge in [-0.15, -0.1) is 0 Å². The Morgan fingerprint density at radius 1 is 0.620 bits per heavy atom. The summed E-state index contributed by atoms with van der Waals surface area (Å²) in [4.78, 5) is 69.3. The molecule has 0 radical (unpaired) electrons. The Morgan fingerprint density at radius 2 is 1.18 bits per heavy atom. The molecule has 1 aromatic rings. The smallest absolute Gasteiger partial charge is 0.335 e. The molecule has 5 N–H and O–H groups in total. The molecule has 0 aliphatic rings. The molecular weight excluding hydrogens is 658 g/mol. The van der Waals surface area contributed by atoms with Gasteiger partial charge in [-0.1, -0.05) is 25.7 Å². The number of nitrogens with one attached hydrogen (secondary N) is 3. The summed E-state index contributed by atoms with van der Waals surface area (Å²) in [6.45, 7) is 3.89. The van der Waals surface area contributed by atoms with E-state index in [4.69, 9.17) is 28.8 Å². The summed E-state index contributed by atoms with van der Waals surface area (Å²) in [7, 11) is 0. The molecule has 0 saturated heterocycles. The average Bonchev–Trinajstić information content (AvgIpc) is 3.08. The summed E-state index contributed by atoms with van der Waals surface area (Å²) in [5.74, 6) is -2.66. The van der Waals surface area contributed by atoms with E-state index in [-0.39, 0.29) is 87.9 Å². The Labute approximate surface area is 292 Å². The highest BCUT2D eigenvalue weighted by Crippen LogP contribution is 2.14. The number of aromatic carboxylic acids is 1. The highest BCUT2D eigenvalue weighted by molar-refractivity contribution is 5.87. The van der Waals surface area contributed by atoms with Crippen LogP contribution in [0.3, 0.4) is 0 Å². The average molecular weight is 712 g/mol. The van der Waals surface area contributed by atoms with Gasteiger partial charge in [-0.25, -0.2) is 9.59 Å². The van der Waals surface area contributed by atoms with Crippen molar-refractivity contribution in [3.8, 4) is 5.75 Å². The number of carboxylic acids is 2. The number of amides is 3. The number of benzene rings is 1. The van der Waals surface area contributed by atoms with Crippen LogP contribution in [0.1, 0.15) is 75.1 Å². The topological polar surface area (TPSA) is 225 Å². The Hall–Kier alpha value is -4.12. The number of hydrogen-bond donors (Lipinski definition) is 5. The third-order valence-electron chi connectivity index (χ3n) is 6.88. The lowest BCUT2D eigenvalue weighted by Crippen LogP contribution is -2.41. The molecule has 0 fully saturated rings. The summed E-state index contributed by atoms with van der Waals surface area (Å²) >= 11 is 0. The second-order valence-electron chi connectivity index (χ2n) is 11.3. The van der Waals surface area contributed by atoms with Crippen molar-refractivity contribution in [3.05, 3.63) is 29.8 Å². The minimum absolute atomic E-state index is 0.0445. The van der Waals surface area contributed by atoms with E-state index in [0.717, 1.165) is 32.1 Å². The molecule has 16 heteroatoms. The number of Topliss-reactive ketones (excluding diaryl/α,β-unsaturated/α-hetero) is 1. The standard InChI is InChI=1S/C34H53N3O13/c1-26(38)24-48-22-20-47-19-16-36-32(41)25-49-23-21-46-18-15-35-30(39)14-13-29(34(44)45)37-31(40)8-6-4-2-3-5-7-17-50-28-11-9-27(10-12-28)33(42)43/h9-12,29H,2-8,13-25H2,1H3,(H,35,39)(H,36,41)(H,37,40)(H,42,43)(H,44,45)/t29-/m0/s1. The van der Waals surface area contributed by atoms with Gasteiger partial charge in [-0.2, -0.15) is 0 Å². The zero-order chi connectivity index (χ0) is 36.8. The minimum atomic E-state index is -1.20. The van der Waals surface area contributed by atoms with E-state index < -0.39 is 18.0 Å². The van der Waals surface area contributed by atoms with Gasteiger partial charge < -0.3 is 49.8 Å². The van der Waals surface area contributed by atoms with Crippen LogP contribution in [-0.2, 0) is 42.9 Å². The van der Waals surface area contributed by atoms with Crippen molar-refractivity contribution >= 4 is 35.4 Å². The molecule has 0 aliphatic heterocycles. The van der Waals surface area contributed by atoms with Gasteiger partial charge in [-0.3, -0.25) is 19.2 Å². The molecule has 0 bridgehead atoms. The fourth-order valence-corrected chi connectivity index (χ4v) is 4.26. The Bertz CT molecular complexity index is 1150. The first-order chi connectivity index (χ1) is 24.1. The minimum Gasteiger partial charge on any atom is -0.494 e. The van der Waals surface area contributed by atoms with Crippen LogP contribution in [-0.4, -0.2) is 124 Å². The van der Waals surface area contributed by atoms with Crippen LogP contribution in [0.5, 0.6) is 5.75 Å². The molecule has 282 valence electrons. The lowest BCUT2D eigenvalue weighted by atomic mass is 10.1. The zero-order valence-electron chi connectivity index (χ0n) is 28.9.